The van der Waals surface area contributed by atoms with E-state index in [1.54, 1.807) is 0 Å². The first-order valence-corrected chi connectivity index (χ1v) is 9.60. The highest BCUT2D eigenvalue weighted by molar-refractivity contribution is 6.07. The number of benzene rings is 1. The van der Waals surface area contributed by atoms with Gasteiger partial charge in [0.2, 0.25) is 0 Å². The molecule has 27 heavy (non-hydrogen) atoms. The Hall–Kier alpha value is -2.93. The van der Waals surface area contributed by atoms with Crippen LogP contribution in [0.3, 0.4) is 0 Å². The largest absolute Gasteiger partial charge is 0.382 e. The van der Waals surface area contributed by atoms with Crippen molar-refractivity contribution in [2.45, 2.75) is 31.8 Å². The lowest BCUT2D eigenvalue weighted by molar-refractivity contribution is 0.166. The number of anilines is 1. The van der Waals surface area contributed by atoms with Crippen LogP contribution in [-0.4, -0.2) is 42.7 Å². The summed E-state index contributed by atoms with van der Waals surface area (Å²) in [5, 5.41) is 8.27. The van der Waals surface area contributed by atoms with Crippen LogP contribution >= 0.6 is 0 Å². The van der Waals surface area contributed by atoms with Crippen molar-refractivity contribution in [3.8, 4) is 11.3 Å². The standard InChI is InChI=1S/C20H21N7/c21-20-18-19(27(13-3-4-13)17(24-18)11-26-8-1-9-26)14-5-2-12(10-16(14)23-20)15-6-7-22-25-15/h2,5-7,10,13H,1,3-4,8-9,11H2,(H2,21,23)(H,22,25). The van der Waals surface area contributed by atoms with Gasteiger partial charge in [-0.1, -0.05) is 6.07 Å². The van der Waals surface area contributed by atoms with E-state index < -0.39 is 0 Å². The number of pyridine rings is 1. The highest BCUT2D eigenvalue weighted by Crippen LogP contribution is 2.42. The first kappa shape index (κ1) is 15.2. The maximum atomic E-state index is 6.35. The predicted octanol–water partition coefficient (Wildman–Crippen LogP) is 3.10. The molecule has 0 unspecified atom stereocenters. The number of imidazole rings is 1. The van der Waals surface area contributed by atoms with Gasteiger partial charge < -0.3 is 10.3 Å². The first-order chi connectivity index (χ1) is 13.3. The summed E-state index contributed by atoms with van der Waals surface area (Å²) in [5.74, 6) is 1.64. The second kappa shape index (κ2) is 5.53. The number of H-pyrrole nitrogens is 1. The average Bonchev–Trinajstić information content (AvgIpc) is 3.18. The lowest BCUT2D eigenvalue weighted by Crippen LogP contribution is -2.37. The molecule has 1 aromatic carbocycles. The molecular weight excluding hydrogens is 338 g/mol. The molecule has 2 aliphatic rings. The SMILES string of the molecule is Nc1nc2cc(-c3cc[nH]n3)ccc2c2c1nc(CN1CCC1)n2C1CC1. The molecule has 1 saturated carbocycles. The first-order valence-electron chi connectivity index (χ1n) is 9.60. The third kappa shape index (κ3) is 2.35. The molecule has 0 bridgehead atoms. The molecule has 2 fully saturated rings. The van der Waals surface area contributed by atoms with Crippen molar-refractivity contribution >= 4 is 27.8 Å². The number of rotatable bonds is 4. The van der Waals surface area contributed by atoms with Crippen molar-refractivity contribution in [2.24, 2.45) is 0 Å². The molecule has 4 aromatic rings. The van der Waals surface area contributed by atoms with Gasteiger partial charge in [0.25, 0.3) is 0 Å². The molecule has 6 rings (SSSR count). The normalized spacial score (nSPS) is 17.6. The van der Waals surface area contributed by atoms with Crippen molar-refractivity contribution in [3.63, 3.8) is 0 Å². The zero-order chi connectivity index (χ0) is 18.0. The molecular formula is C20H21N7. The van der Waals surface area contributed by atoms with Crippen LogP contribution in [0, 0.1) is 0 Å². The molecule has 0 atom stereocenters. The fourth-order valence-electron chi connectivity index (χ4n) is 4.08. The second-order valence-corrected chi connectivity index (χ2v) is 7.64. The van der Waals surface area contributed by atoms with E-state index in [-0.39, 0.29) is 0 Å². The van der Waals surface area contributed by atoms with Crippen molar-refractivity contribution < 1.29 is 0 Å². The predicted molar refractivity (Wildman–Crippen MR) is 105 cm³/mol. The second-order valence-electron chi connectivity index (χ2n) is 7.64. The van der Waals surface area contributed by atoms with E-state index in [1.807, 2.05) is 12.3 Å². The van der Waals surface area contributed by atoms with E-state index in [0.29, 0.717) is 11.9 Å². The van der Waals surface area contributed by atoms with Crippen LogP contribution in [0.15, 0.2) is 30.5 Å². The van der Waals surface area contributed by atoms with E-state index in [2.05, 4.69) is 42.8 Å². The van der Waals surface area contributed by atoms with Crippen LogP contribution in [0.5, 0.6) is 0 Å². The molecule has 0 spiro atoms. The molecule has 7 heteroatoms. The summed E-state index contributed by atoms with van der Waals surface area (Å²) in [5.41, 5.74) is 11.2. The summed E-state index contributed by atoms with van der Waals surface area (Å²) in [6.07, 6.45) is 5.54. The summed E-state index contributed by atoms with van der Waals surface area (Å²) in [4.78, 5) is 12.1. The summed E-state index contributed by atoms with van der Waals surface area (Å²) in [7, 11) is 0. The Morgan fingerprint density at radius 3 is 2.74 bits per heavy atom. The van der Waals surface area contributed by atoms with Crippen molar-refractivity contribution in [1.29, 1.82) is 0 Å². The molecule has 3 N–H and O–H groups in total. The van der Waals surface area contributed by atoms with Gasteiger partial charge in [-0.25, -0.2) is 9.97 Å². The van der Waals surface area contributed by atoms with Gasteiger partial charge in [-0.2, -0.15) is 5.10 Å². The van der Waals surface area contributed by atoms with Gasteiger partial charge in [0.05, 0.1) is 23.3 Å². The molecule has 1 aliphatic heterocycles. The Bertz CT molecular complexity index is 1150. The molecule has 1 saturated heterocycles. The fraction of sp³-hybridized carbons (Fsp3) is 0.350. The van der Waals surface area contributed by atoms with E-state index in [4.69, 9.17) is 10.7 Å². The maximum Gasteiger partial charge on any atom is 0.152 e. The highest BCUT2D eigenvalue weighted by atomic mass is 15.2. The number of nitrogen functional groups attached to an aromatic ring is 1. The Kier molecular flexibility index (Phi) is 3.11. The van der Waals surface area contributed by atoms with Crippen LogP contribution in [-0.2, 0) is 6.54 Å². The Morgan fingerprint density at radius 1 is 1.15 bits per heavy atom. The lowest BCUT2D eigenvalue weighted by Gasteiger charge is -2.30. The third-order valence-electron chi connectivity index (χ3n) is 5.74. The molecule has 1 aliphatic carbocycles. The highest BCUT2D eigenvalue weighted by Gasteiger charge is 2.31. The van der Waals surface area contributed by atoms with E-state index in [1.165, 1.54) is 19.3 Å². The van der Waals surface area contributed by atoms with Crippen LogP contribution in [0.25, 0.3) is 33.2 Å². The molecule has 136 valence electrons. The zero-order valence-electron chi connectivity index (χ0n) is 15.0. The van der Waals surface area contributed by atoms with Crippen molar-refractivity contribution in [2.75, 3.05) is 18.8 Å². The van der Waals surface area contributed by atoms with E-state index >= 15 is 0 Å². The Morgan fingerprint density at radius 2 is 2.04 bits per heavy atom. The minimum absolute atomic E-state index is 0.515. The van der Waals surface area contributed by atoms with Crippen LogP contribution in [0.1, 0.15) is 31.1 Å². The minimum Gasteiger partial charge on any atom is -0.382 e. The summed E-state index contributed by atoms with van der Waals surface area (Å²) < 4.78 is 2.43. The smallest absolute Gasteiger partial charge is 0.152 e. The minimum atomic E-state index is 0.515. The topological polar surface area (TPSA) is 88.7 Å². The summed E-state index contributed by atoms with van der Waals surface area (Å²) >= 11 is 0. The van der Waals surface area contributed by atoms with E-state index in [9.17, 15) is 0 Å². The number of hydrogen-bond acceptors (Lipinski definition) is 5. The number of aromatic amines is 1. The number of aromatic nitrogens is 5. The number of fused-ring (bicyclic) bond motifs is 3. The molecule has 0 radical (unpaired) electrons. The van der Waals surface area contributed by atoms with Gasteiger partial charge in [-0.05, 0) is 50.6 Å². The average molecular weight is 359 g/mol. The quantitative estimate of drug-likeness (QED) is 0.584. The number of likely N-dealkylation sites (tertiary alicyclic amines) is 1. The van der Waals surface area contributed by atoms with E-state index in [0.717, 1.165) is 58.7 Å². The maximum absolute atomic E-state index is 6.35. The molecule has 0 amide bonds. The Balaban J connectivity index is 1.59. The van der Waals surface area contributed by atoms with Crippen molar-refractivity contribution in [3.05, 3.63) is 36.3 Å². The van der Waals surface area contributed by atoms with Gasteiger partial charge in [-0.3, -0.25) is 10.00 Å². The molecule has 3 aromatic heterocycles. The Labute approximate surface area is 156 Å². The van der Waals surface area contributed by atoms with Gasteiger partial charge >= 0.3 is 0 Å². The number of nitrogens with two attached hydrogens (primary N) is 1. The zero-order valence-corrected chi connectivity index (χ0v) is 15.0. The summed E-state index contributed by atoms with van der Waals surface area (Å²) in [6, 6.07) is 8.82. The number of hydrogen-bond donors (Lipinski definition) is 2. The van der Waals surface area contributed by atoms with Crippen LogP contribution < -0.4 is 5.73 Å². The molecule has 4 heterocycles. The van der Waals surface area contributed by atoms with Crippen LogP contribution in [0.2, 0.25) is 0 Å². The van der Waals surface area contributed by atoms with Crippen molar-refractivity contribution in [1.82, 2.24) is 29.6 Å². The van der Waals surface area contributed by atoms with Crippen LogP contribution in [0.4, 0.5) is 5.82 Å². The molecule has 7 nitrogen and oxygen atoms in total. The summed E-state index contributed by atoms with van der Waals surface area (Å²) in [6.45, 7) is 3.22. The van der Waals surface area contributed by atoms with Gasteiger partial charge in [-0.15, -0.1) is 0 Å². The number of nitrogens with zero attached hydrogens (tertiary/aromatic N) is 5. The fourth-order valence-corrected chi connectivity index (χ4v) is 4.08. The van der Waals surface area contributed by atoms with Gasteiger partial charge in [0.15, 0.2) is 5.82 Å². The monoisotopic (exact) mass is 359 g/mol. The number of nitrogens with one attached hydrogen (secondary N) is 1. The van der Waals surface area contributed by atoms with Gasteiger partial charge in [0.1, 0.15) is 11.3 Å². The van der Waals surface area contributed by atoms with Gasteiger partial charge in [0, 0.05) is 23.2 Å². The third-order valence-corrected chi connectivity index (χ3v) is 5.74. The lowest BCUT2D eigenvalue weighted by atomic mass is 10.1.